The van der Waals surface area contributed by atoms with Crippen LogP contribution >= 0.6 is 0 Å². The first-order chi connectivity index (χ1) is 15.0. The van der Waals surface area contributed by atoms with E-state index in [4.69, 9.17) is 14.2 Å². The standard InChI is InChI=1S/C24H28N2O6/c1-23(2,3)30-14-16-13-17(20-19(16)31-24(4,5)32-20)25-12-11-18(27)26(22(25)29)21(28)15-9-7-6-8-10-15/h6-13,17,19-20H,14H2,1-5H3/t17?,19-,20+/m0/s1. The van der Waals surface area contributed by atoms with Gasteiger partial charge < -0.3 is 14.2 Å². The molecule has 1 aliphatic carbocycles. The zero-order valence-corrected chi connectivity index (χ0v) is 18.9. The molecule has 170 valence electrons. The van der Waals surface area contributed by atoms with E-state index >= 15 is 0 Å². The Balaban J connectivity index is 1.75. The van der Waals surface area contributed by atoms with Crippen molar-refractivity contribution < 1.29 is 19.0 Å². The second-order valence-electron chi connectivity index (χ2n) is 9.50. The third-order valence-electron chi connectivity index (χ3n) is 5.44. The smallest absolute Gasteiger partial charge is 0.338 e. The number of benzene rings is 1. The minimum atomic E-state index is -0.841. The maximum Gasteiger partial charge on any atom is 0.338 e. The van der Waals surface area contributed by atoms with Crippen molar-refractivity contribution in [2.75, 3.05) is 6.61 Å². The predicted octanol–water partition coefficient (Wildman–Crippen LogP) is 2.51. The van der Waals surface area contributed by atoms with Crippen LogP contribution in [0.15, 0.2) is 63.8 Å². The van der Waals surface area contributed by atoms with Crippen LogP contribution in [0.25, 0.3) is 0 Å². The molecule has 1 aromatic carbocycles. The summed E-state index contributed by atoms with van der Waals surface area (Å²) in [6, 6.07) is 8.91. The molecule has 1 aromatic heterocycles. The molecule has 1 saturated heterocycles. The number of fused-ring (bicyclic) bond motifs is 1. The van der Waals surface area contributed by atoms with Gasteiger partial charge in [0, 0.05) is 17.8 Å². The summed E-state index contributed by atoms with van der Waals surface area (Å²) < 4.78 is 20.2. The number of rotatable bonds is 4. The lowest BCUT2D eigenvalue weighted by Gasteiger charge is -2.23. The minimum Gasteiger partial charge on any atom is -0.371 e. The lowest BCUT2D eigenvalue weighted by Crippen LogP contribution is -2.45. The molecule has 2 aliphatic rings. The van der Waals surface area contributed by atoms with E-state index in [1.165, 1.54) is 16.8 Å². The van der Waals surface area contributed by atoms with Crippen molar-refractivity contribution in [2.45, 2.75) is 64.3 Å². The van der Waals surface area contributed by atoms with Crippen molar-refractivity contribution >= 4 is 5.91 Å². The summed E-state index contributed by atoms with van der Waals surface area (Å²) in [4.78, 5) is 38.7. The molecule has 0 bridgehead atoms. The van der Waals surface area contributed by atoms with Crippen LogP contribution in [0.4, 0.5) is 0 Å². The zero-order valence-electron chi connectivity index (χ0n) is 18.9. The third-order valence-corrected chi connectivity index (χ3v) is 5.44. The summed E-state index contributed by atoms with van der Waals surface area (Å²) in [6.45, 7) is 9.83. The van der Waals surface area contributed by atoms with Crippen LogP contribution in [0.1, 0.15) is 51.0 Å². The number of carbonyl (C=O) groups excluding carboxylic acids is 1. The molecule has 1 fully saturated rings. The van der Waals surface area contributed by atoms with Gasteiger partial charge in [0.25, 0.3) is 11.5 Å². The topological polar surface area (TPSA) is 88.8 Å². The van der Waals surface area contributed by atoms with Gasteiger partial charge in [-0.15, -0.1) is 0 Å². The van der Waals surface area contributed by atoms with Crippen molar-refractivity contribution in [2.24, 2.45) is 0 Å². The molecule has 0 spiro atoms. The Morgan fingerprint density at radius 1 is 1.09 bits per heavy atom. The highest BCUT2D eigenvalue weighted by atomic mass is 16.8. The van der Waals surface area contributed by atoms with Gasteiger partial charge in [-0.1, -0.05) is 24.3 Å². The Bertz CT molecular complexity index is 1170. The van der Waals surface area contributed by atoms with E-state index in [1.54, 1.807) is 30.3 Å². The highest BCUT2D eigenvalue weighted by Gasteiger charge is 2.51. The van der Waals surface area contributed by atoms with Crippen molar-refractivity contribution in [1.29, 1.82) is 0 Å². The molecule has 0 N–H and O–H groups in total. The van der Waals surface area contributed by atoms with Crippen LogP contribution in [-0.4, -0.2) is 45.2 Å². The minimum absolute atomic E-state index is 0.255. The second kappa shape index (κ2) is 7.95. The Kier molecular flexibility index (Phi) is 5.56. The summed E-state index contributed by atoms with van der Waals surface area (Å²) in [6.07, 6.45) is 2.40. The van der Waals surface area contributed by atoms with Gasteiger partial charge in [-0.2, -0.15) is 4.57 Å². The molecular weight excluding hydrogens is 412 g/mol. The van der Waals surface area contributed by atoms with Gasteiger partial charge >= 0.3 is 5.69 Å². The van der Waals surface area contributed by atoms with Gasteiger partial charge in [0.05, 0.1) is 18.2 Å². The van der Waals surface area contributed by atoms with Gasteiger partial charge in [-0.05, 0) is 52.3 Å². The molecule has 32 heavy (non-hydrogen) atoms. The fraction of sp³-hybridized carbons (Fsp3) is 0.458. The molecule has 0 radical (unpaired) electrons. The average molecular weight is 440 g/mol. The summed E-state index contributed by atoms with van der Waals surface area (Å²) in [5, 5.41) is 0. The number of aromatic nitrogens is 2. The molecule has 1 aliphatic heterocycles. The van der Waals surface area contributed by atoms with E-state index in [-0.39, 0.29) is 11.2 Å². The number of nitrogens with zero attached hydrogens (tertiary/aromatic N) is 2. The van der Waals surface area contributed by atoms with Gasteiger partial charge in [0.2, 0.25) is 0 Å². The van der Waals surface area contributed by atoms with Crippen molar-refractivity contribution in [1.82, 2.24) is 9.13 Å². The lowest BCUT2D eigenvalue weighted by molar-refractivity contribution is -0.148. The van der Waals surface area contributed by atoms with E-state index in [0.29, 0.717) is 11.2 Å². The number of hydrogen-bond acceptors (Lipinski definition) is 6. The molecule has 3 atom stereocenters. The van der Waals surface area contributed by atoms with Crippen LogP contribution < -0.4 is 11.2 Å². The average Bonchev–Trinajstić information content (AvgIpc) is 3.20. The van der Waals surface area contributed by atoms with E-state index in [2.05, 4.69) is 0 Å². The molecular formula is C24H28N2O6. The monoisotopic (exact) mass is 440 g/mol. The molecule has 0 saturated carbocycles. The lowest BCUT2D eigenvalue weighted by atomic mass is 10.1. The highest BCUT2D eigenvalue weighted by Crippen LogP contribution is 2.43. The van der Waals surface area contributed by atoms with Gasteiger partial charge in [0.1, 0.15) is 12.2 Å². The summed E-state index contributed by atoms with van der Waals surface area (Å²) in [5.41, 5.74) is -0.642. The van der Waals surface area contributed by atoms with Crippen LogP contribution in [0.2, 0.25) is 0 Å². The second-order valence-corrected chi connectivity index (χ2v) is 9.50. The van der Waals surface area contributed by atoms with Gasteiger partial charge in [0.15, 0.2) is 5.79 Å². The maximum atomic E-state index is 13.3. The van der Waals surface area contributed by atoms with E-state index in [0.717, 1.165) is 5.57 Å². The zero-order chi connectivity index (χ0) is 23.3. The van der Waals surface area contributed by atoms with Crippen molar-refractivity contribution in [3.63, 3.8) is 0 Å². The molecule has 4 rings (SSSR count). The number of carbonyl (C=O) groups is 1. The number of ether oxygens (including phenoxy) is 3. The fourth-order valence-electron chi connectivity index (χ4n) is 4.02. The normalized spacial score (nSPS) is 24.3. The van der Waals surface area contributed by atoms with Gasteiger partial charge in [-0.25, -0.2) is 4.79 Å². The summed E-state index contributed by atoms with van der Waals surface area (Å²) in [5.74, 6) is -1.51. The van der Waals surface area contributed by atoms with Crippen molar-refractivity contribution in [3.8, 4) is 0 Å². The summed E-state index contributed by atoms with van der Waals surface area (Å²) in [7, 11) is 0. The first-order valence-electron chi connectivity index (χ1n) is 10.6. The van der Waals surface area contributed by atoms with E-state index in [1.807, 2.05) is 40.7 Å². The Hall–Kier alpha value is -2.81. The van der Waals surface area contributed by atoms with Crippen molar-refractivity contribution in [3.05, 3.63) is 80.6 Å². The molecule has 1 unspecified atom stereocenters. The molecule has 8 heteroatoms. The first kappa shape index (κ1) is 22.4. The SMILES string of the molecule is CC(C)(C)OCC1=CC(n2ccc(=O)n(C(=O)c3ccccc3)c2=O)[C@H]2OC(C)(C)O[C@@H]12. The molecule has 2 heterocycles. The first-order valence-corrected chi connectivity index (χ1v) is 10.6. The maximum absolute atomic E-state index is 13.3. The fourth-order valence-corrected chi connectivity index (χ4v) is 4.02. The molecule has 2 aromatic rings. The van der Waals surface area contributed by atoms with Crippen LogP contribution in [0, 0.1) is 0 Å². The predicted molar refractivity (Wildman–Crippen MR) is 118 cm³/mol. The third kappa shape index (κ3) is 4.26. The largest absolute Gasteiger partial charge is 0.371 e. The molecule has 8 nitrogen and oxygen atoms in total. The quantitative estimate of drug-likeness (QED) is 0.679. The Morgan fingerprint density at radius 2 is 1.78 bits per heavy atom. The van der Waals surface area contributed by atoms with E-state index < -0.39 is 41.2 Å². The number of hydrogen-bond donors (Lipinski definition) is 0. The van der Waals surface area contributed by atoms with E-state index in [9.17, 15) is 14.4 Å². The van der Waals surface area contributed by atoms with Crippen LogP contribution in [-0.2, 0) is 14.2 Å². The highest BCUT2D eigenvalue weighted by molar-refractivity contribution is 5.95. The Labute approximate surface area is 186 Å². The van der Waals surface area contributed by atoms with Crippen LogP contribution in [0.3, 0.4) is 0 Å². The summed E-state index contributed by atoms with van der Waals surface area (Å²) >= 11 is 0. The Morgan fingerprint density at radius 3 is 2.44 bits per heavy atom. The molecule has 0 amide bonds. The van der Waals surface area contributed by atoms with Gasteiger partial charge in [-0.3, -0.25) is 14.2 Å². The van der Waals surface area contributed by atoms with Crippen LogP contribution in [0.5, 0.6) is 0 Å².